The Kier molecular flexibility index (Phi) is 4.53. The van der Waals surface area contributed by atoms with Gasteiger partial charge in [0.2, 0.25) is 0 Å². The maximum absolute atomic E-state index is 12.3. The van der Waals surface area contributed by atoms with Gasteiger partial charge in [0, 0.05) is 30.2 Å². The number of nitrogens with one attached hydrogen (secondary N) is 2. The van der Waals surface area contributed by atoms with Crippen molar-refractivity contribution in [2.75, 3.05) is 18.4 Å². The lowest BCUT2D eigenvalue weighted by Crippen LogP contribution is -2.23. The second kappa shape index (κ2) is 6.75. The van der Waals surface area contributed by atoms with E-state index >= 15 is 0 Å². The summed E-state index contributed by atoms with van der Waals surface area (Å²) in [4.78, 5) is 16.3. The Morgan fingerprint density at radius 2 is 1.96 bits per heavy atom. The van der Waals surface area contributed by atoms with E-state index in [1.807, 2.05) is 19.1 Å². The Bertz CT molecular complexity index is 747. The van der Waals surface area contributed by atoms with Gasteiger partial charge in [0.05, 0.1) is 0 Å². The Labute approximate surface area is 136 Å². The van der Waals surface area contributed by atoms with Crippen molar-refractivity contribution in [2.45, 2.75) is 20.3 Å². The highest BCUT2D eigenvalue weighted by atomic mass is 16.1. The maximum atomic E-state index is 12.3. The Hall–Kier alpha value is -2.46. The zero-order valence-corrected chi connectivity index (χ0v) is 13.5. The molecule has 0 fully saturated rings. The van der Waals surface area contributed by atoms with Gasteiger partial charge in [-0.05, 0) is 61.7 Å². The van der Waals surface area contributed by atoms with Crippen LogP contribution in [0.25, 0.3) is 5.57 Å². The second-order valence-electron chi connectivity index (χ2n) is 5.91. The number of carbonyl (C=O) groups excluding carboxylic acids is 1. The lowest BCUT2D eigenvalue weighted by atomic mass is 9.96. The fourth-order valence-corrected chi connectivity index (χ4v) is 2.82. The average Bonchev–Trinajstić information content (AvgIpc) is 2.56. The molecule has 1 aliphatic rings. The zero-order valence-electron chi connectivity index (χ0n) is 13.5. The number of aromatic nitrogens is 1. The van der Waals surface area contributed by atoms with Crippen LogP contribution in [0.3, 0.4) is 0 Å². The van der Waals surface area contributed by atoms with Crippen molar-refractivity contribution in [2.24, 2.45) is 0 Å². The van der Waals surface area contributed by atoms with Crippen molar-refractivity contribution < 1.29 is 4.79 Å². The van der Waals surface area contributed by atoms with Gasteiger partial charge in [-0.1, -0.05) is 17.7 Å². The van der Waals surface area contributed by atoms with E-state index in [0.717, 1.165) is 30.8 Å². The second-order valence-corrected chi connectivity index (χ2v) is 5.91. The van der Waals surface area contributed by atoms with Gasteiger partial charge in [-0.2, -0.15) is 0 Å². The highest BCUT2D eigenvalue weighted by Crippen LogP contribution is 2.24. The molecule has 0 radical (unpaired) electrons. The summed E-state index contributed by atoms with van der Waals surface area (Å²) in [5.74, 6) is -0.104. The van der Waals surface area contributed by atoms with Crippen LogP contribution in [0.2, 0.25) is 0 Å². The molecule has 23 heavy (non-hydrogen) atoms. The van der Waals surface area contributed by atoms with Crippen molar-refractivity contribution in [3.63, 3.8) is 0 Å². The SMILES string of the molecule is CC1=C(c2ccc(NC(=O)c3ccncc3C)cc2)CNCC1. The first kappa shape index (κ1) is 15.4. The van der Waals surface area contributed by atoms with Crippen LogP contribution >= 0.6 is 0 Å². The third-order valence-corrected chi connectivity index (χ3v) is 4.25. The van der Waals surface area contributed by atoms with Crippen molar-refractivity contribution in [1.82, 2.24) is 10.3 Å². The van der Waals surface area contributed by atoms with E-state index in [-0.39, 0.29) is 5.91 Å². The van der Waals surface area contributed by atoms with E-state index in [0.29, 0.717) is 5.56 Å². The van der Waals surface area contributed by atoms with E-state index in [1.54, 1.807) is 18.5 Å². The number of carbonyl (C=O) groups is 1. The minimum atomic E-state index is -0.104. The van der Waals surface area contributed by atoms with Gasteiger partial charge < -0.3 is 10.6 Å². The van der Waals surface area contributed by atoms with Crippen molar-refractivity contribution >= 4 is 17.2 Å². The molecule has 0 atom stereocenters. The summed E-state index contributed by atoms with van der Waals surface area (Å²) in [5, 5.41) is 6.35. The van der Waals surface area contributed by atoms with Gasteiger partial charge >= 0.3 is 0 Å². The third kappa shape index (κ3) is 3.48. The molecule has 0 saturated heterocycles. The number of rotatable bonds is 3. The fraction of sp³-hybridized carbons (Fsp3) is 0.263. The normalized spacial score (nSPS) is 14.7. The number of hydrogen-bond acceptors (Lipinski definition) is 3. The highest BCUT2D eigenvalue weighted by Gasteiger charge is 2.12. The Balaban J connectivity index is 1.75. The van der Waals surface area contributed by atoms with Crippen molar-refractivity contribution in [3.8, 4) is 0 Å². The van der Waals surface area contributed by atoms with Gasteiger partial charge in [0.25, 0.3) is 5.91 Å². The molecule has 4 nitrogen and oxygen atoms in total. The Morgan fingerprint density at radius 1 is 1.17 bits per heavy atom. The third-order valence-electron chi connectivity index (χ3n) is 4.25. The van der Waals surface area contributed by atoms with E-state index < -0.39 is 0 Å². The highest BCUT2D eigenvalue weighted by molar-refractivity contribution is 6.05. The molecule has 1 aromatic carbocycles. The zero-order chi connectivity index (χ0) is 16.2. The molecule has 0 bridgehead atoms. The summed E-state index contributed by atoms with van der Waals surface area (Å²) in [6.45, 7) is 6.04. The summed E-state index contributed by atoms with van der Waals surface area (Å²) in [6, 6.07) is 9.79. The van der Waals surface area contributed by atoms with Gasteiger partial charge in [-0.25, -0.2) is 0 Å². The van der Waals surface area contributed by atoms with E-state index in [2.05, 4.69) is 34.7 Å². The first-order valence-electron chi connectivity index (χ1n) is 7.87. The molecule has 1 amide bonds. The molecular weight excluding hydrogens is 286 g/mol. The van der Waals surface area contributed by atoms with Crippen LogP contribution in [0.1, 0.15) is 34.8 Å². The topological polar surface area (TPSA) is 54.0 Å². The van der Waals surface area contributed by atoms with Crippen LogP contribution in [0, 0.1) is 6.92 Å². The molecule has 0 unspecified atom stereocenters. The standard InChI is InChI=1S/C19H21N3O/c1-13-7-9-21-12-18(13)15-3-5-16(6-4-15)22-19(23)17-8-10-20-11-14(17)2/h3-6,8,10-11,21H,7,9,12H2,1-2H3,(H,22,23). The molecule has 118 valence electrons. The van der Waals surface area contributed by atoms with Crippen LogP contribution in [0.5, 0.6) is 0 Å². The van der Waals surface area contributed by atoms with Crippen LogP contribution in [-0.2, 0) is 0 Å². The predicted molar refractivity (Wildman–Crippen MR) is 93.4 cm³/mol. The summed E-state index contributed by atoms with van der Waals surface area (Å²) < 4.78 is 0. The smallest absolute Gasteiger partial charge is 0.256 e. The van der Waals surface area contributed by atoms with Crippen molar-refractivity contribution in [1.29, 1.82) is 0 Å². The van der Waals surface area contributed by atoms with Gasteiger partial charge in [0.15, 0.2) is 0 Å². The molecule has 3 rings (SSSR count). The van der Waals surface area contributed by atoms with Crippen LogP contribution < -0.4 is 10.6 Å². The van der Waals surface area contributed by atoms with E-state index in [1.165, 1.54) is 16.7 Å². The number of aryl methyl sites for hydroxylation is 1. The first-order chi connectivity index (χ1) is 11.1. The molecule has 2 N–H and O–H groups in total. The van der Waals surface area contributed by atoms with E-state index in [4.69, 9.17) is 0 Å². The Morgan fingerprint density at radius 3 is 2.65 bits per heavy atom. The number of hydrogen-bond donors (Lipinski definition) is 2. The molecular formula is C19H21N3O. The number of amides is 1. The number of anilines is 1. The average molecular weight is 307 g/mol. The quantitative estimate of drug-likeness (QED) is 0.913. The molecule has 1 aromatic heterocycles. The molecule has 0 spiro atoms. The molecule has 2 heterocycles. The summed E-state index contributed by atoms with van der Waals surface area (Å²) in [6.07, 6.45) is 4.43. The van der Waals surface area contributed by atoms with Crippen LogP contribution in [0.4, 0.5) is 5.69 Å². The summed E-state index contributed by atoms with van der Waals surface area (Å²) in [5.41, 5.74) is 6.34. The largest absolute Gasteiger partial charge is 0.322 e. The van der Waals surface area contributed by atoms with Gasteiger partial charge in [0.1, 0.15) is 0 Å². The first-order valence-corrected chi connectivity index (χ1v) is 7.87. The minimum absolute atomic E-state index is 0.104. The molecule has 0 saturated carbocycles. The van der Waals surface area contributed by atoms with Crippen LogP contribution in [-0.4, -0.2) is 24.0 Å². The summed E-state index contributed by atoms with van der Waals surface area (Å²) >= 11 is 0. The molecule has 2 aromatic rings. The minimum Gasteiger partial charge on any atom is -0.322 e. The maximum Gasteiger partial charge on any atom is 0.256 e. The fourth-order valence-electron chi connectivity index (χ4n) is 2.82. The molecule has 1 aliphatic heterocycles. The number of pyridine rings is 1. The van der Waals surface area contributed by atoms with E-state index in [9.17, 15) is 4.79 Å². The van der Waals surface area contributed by atoms with Gasteiger partial charge in [-0.15, -0.1) is 0 Å². The number of benzene rings is 1. The van der Waals surface area contributed by atoms with Crippen molar-refractivity contribution in [3.05, 3.63) is 65.0 Å². The van der Waals surface area contributed by atoms with Gasteiger partial charge in [-0.3, -0.25) is 9.78 Å². The van der Waals surface area contributed by atoms with Crippen LogP contribution in [0.15, 0.2) is 48.3 Å². The molecule has 0 aliphatic carbocycles. The molecule has 4 heteroatoms. The predicted octanol–water partition coefficient (Wildman–Crippen LogP) is 3.41. The lowest BCUT2D eigenvalue weighted by Gasteiger charge is -2.19. The monoisotopic (exact) mass is 307 g/mol. The summed E-state index contributed by atoms with van der Waals surface area (Å²) in [7, 11) is 0. The number of nitrogens with zero attached hydrogens (tertiary/aromatic N) is 1. The lowest BCUT2D eigenvalue weighted by molar-refractivity contribution is 0.102.